The van der Waals surface area contributed by atoms with E-state index in [-0.39, 0.29) is 5.91 Å². The second-order valence-corrected chi connectivity index (χ2v) is 8.85. The van der Waals surface area contributed by atoms with E-state index in [0.29, 0.717) is 25.3 Å². The molecular formula is C27H30N6O3. The molecule has 186 valence electrons. The quantitative estimate of drug-likeness (QED) is 0.399. The molecule has 1 aliphatic rings. The van der Waals surface area contributed by atoms with Crippen LogP contribution in [0.25, 0.3) is 11.1 Å². The predicted octanol–water partition coefficient (Wildman–Crippen LogP) is 3.45. The van der Waals surface area contributed by atoms with Crippen LogP contribution in [0, 0.1) is 6.92 Å². The molecule has 0 spiro atoms. The van der Waals surface area contributed by atoms with Gasteiger partial charge in [-0.15, -0.1) is 0 Å². The van der Waals surface area contributed by atoms with Crippen molar-refractivity contribution in [2.24, 2.45) is 4.99 Å². The summed E-state index contributed by atoms with van der Waals surface area (Å²) in [6.45, 7) is 6.46. The van der Waals surface area contributed by atoms with E-state index in [1.165, 1.54) is 0 Å². The van der Waals surface area contributed by atoms with Gasteiger partial charge in [0, 0.05) is 55.9 Å². The third-order valence-corrected chi connectivity index (χ3v) is 6.60. The molecule has 0 fully saturated rings. The van der Waals surface area contributed by atoms with Gasteiger partial charge in [-0.2, -0.15) is 5.10 Å². The molecule has 5 rings (SSSR count). The van der Waals surface area contributed by atoms with E-state index < -0.39 is 0 Å². The topological polar surface area (TPSA) is 90.7 Å². The van der Waals surface area contributed by atoms with Gasteiger partial charge in [-0.05, 0) is 55.2 Å². The number of methoxy groups -OCH3 is 1. The highest BCUT2D eigenvalue weighted by molar-refractivity contribution is 5.99. The zero-order valence-corrected chi connectivity index (χ0v) is 21.1. The predicted molar refractivity (Wildman–Crippen MR) is 135 cm³/mol. The summed E-state index contributed by atoms with van der Waals surface area (Å²) in [6, 6.07) is 7.86. The van der Waals surface area contributed by atoms with Crippen LogP contribution in [0.3, 0.4) is 0 Å². The molecule has 1 amide bonds. The molecule has 0 unspecified atom stereocenters. The van der Waals surface area contributed by atoms with Gasteiger partial charge >= 0.3 is 0 Å². The van der Waals surface area contributed by atoms with Crippen LogP contribution in [-0.2, 0) is 26.1 Å². The van der Waals surface area contributed by atoms with E-state index in [0.717, 1.165) is 57.9 Å². The van der Waals surface area contributed by atoms with Crippen molar-refractivity contribution in [2.45, 2.75) is 39.9 Å². The first-order chi connectivity index (χ1) is 17.5. The molecule has 36 heavy (non-hydrogen) atoms. The summed E-state index contributed by atoms with van der Waals surface area (Å²) in [7, 11) is 3.33. The number of oxazole rings is 1. The average molecular weight is 487 g/mol. The molecule has 0 saturated heterocycles. The van der Waals surface area contributed by atoms with Crippen LogP contribution in [0.4, 0.5) is 0 Å². The van der Waals surface area contributed by atoms with Crippen molar-refractivity contribution in [3.63, 3.8) is 0 Å². The lowest BCUT2D eigenvalue weighted by molar-refractivity contribution is 0.0725. The standard InChI is InChI=1S/C27H30N6O3/c1-5-33-17-25(18(2)30-33)23-12-19(15-32-10-11-36-27(32)28-3)13-24-22(23)7-9-31(26(24)34)16-20-14-21(35-4)6-8-29-20/h6,8,10-14,17H,5,7,9,15-16H2,1-4H3. The molecule has 0 radical (unpaired) electrons. The second kappa shape index (κ2) is 9.85. The van der Waals surface area contributed by atoms with Gasteiger partial charge in [0.05, 0.1) is 31.6 Å². The lowest BCUT2D eigenvalue weighted by Crippen LogP contribution is -2.37. The van der Waals surface area contributed by atoms with Crippen LogP contribution in [0.1, 0.15) is 39.8 Å². The first-order valence-electron chi connectivity index (χ1n) is 12.1. The minimum absolute atomic E-state index is 0.00195. The van der Waals surface area contributed by atoms with Crippen molar-refractivity contribution in [2.75, 3.05) is 20.7 Å². The van der Waals surface area contributed by atoms with Gasteiger partial charge in [-0.25, -0.2) is 4.99 Å². The number of nitrogens with zero attached hydrogens (tertiary/aromatic N) is 6. The molecule has 0 bridgehead atoms. The molecule has 4 heterocycles. The lowest BCUT2D eigenvalue weighted by Gasteiger charge is -2.30. The number of fused-ring (bicyclic) bond motifs is 1. The maximum Gasteiger partial charge on any atom is 0.296 e. The molecule has 9 heteroatoms. The number of hydrogen-bond donors (Lipinski definition) is 0. The van der Waals surface area contributed by atoms with Gasteiger partial charge < -0.3 is 14.1 Å². The van der Waals surface area contributed by atoms with E-state index in [1.807, 2.05) is 39.4 Å². The minimum Gasteiger partial charge on any atom is -0.497 e. The van der Waals surface area contributed by atoms with E-state index in [9.17, 15) is 4.79 Å². The molecule has 1 aromatic carbocycles. The largest absolute Gasteiger partial charge is 0.497 e. The van der Waals surface area contributed by atoms with Crippen LogP contribution in [0.2, 0.25) is 0 Å². The summed E-state index contributed by atoms with van der Waals surface area (Å²) in [5.41, 5.74) is 7.18. The summed E-state index contributed by atoms with van der Waals surface area (Å²) >= 11 is 0. The van der Waals surface area contributed by atoms with E-state index in [4.69, 9.17) is 9.15 Å². The smallest absolute Gasteiger partial charge is 0.296 e. The van der Waals surface area contributed by atoms with Gasteiger partial charge in [0.15, 0.2) is 0 Å². The van der Waals surface area contributed by atoms with Crippen molar-refractivity contribution in [1.82, 2.24) is 24.2 Å². The van der Waals surface area contributed by atoms with E-state index >= 15 is 0 Å². The van der Waals surface area contributed by atoms with Gasteiger partial charge in [0.2, 0.25) is 0 Å². The number of aryl methyl sites for hydroxylation is 2. The van der Waals surface area contributed by atoms with Crippen molar-refractivity contribution < 1.29 is 13.9 Å². The van der Waals surface area contributed by atoms with Gasteiger partial charge in [-0.3, -0.25) is 19.0 Å². The number of rotatable bonds is 7. The molecule has 0 atom stereocenters. The Hall–Kier alpha value is -4.14. The normalized spacial score (nSPS) is 13.8. The Labute approximate surface area is 209 Å². The number of benzene rings is 1. The number of ether oxygens (including phenoxy) is 1. The number of carbonyl (C=O) groups is 1. The summed E-state index contributed by atoms with van der Waals surface area (Å²) in [6.07, 6.45) is 8.00. The fraction of sp³-hybridized carbons (Fsp3) is 0.333. The van der Waals surface area contributed by atoms with Crippen LogP contribution in [0.15, 0.2) is 58.5 Å². The summed E-state index contributed by atoms with van der Waals surface area (Å²) < 4.78 is 14.7. The molecule has 1 aliphatic heterocycles. The van der Waals surface area contributed by atoms with Crippen LogP contribution >= 0.6 is 0 Å². The fourth-order valence-electron chi connectivity index (χ4n) is 4.80. The van der Waals surface area contributed by atoms with Crippen molar-refractivity contribution in [3.8, 4) is 16.9 Å². The van der Waals surface area contributed by atoms with Crippen LogP contribution in [0.5, 0.6) is 5.75 Å². The Morgan fingerprint density at radius 1 is 1.17 bits per heavy atom. The molecule has 9 nitrogen and oxygen atoms in total. The van der Waals surface area contributed by atoms with Gasteiger partial charge in [-0.1, -0.05) is 0 Å². The minimum atomic E-state index is 0.00195. The highest BCUT2D eigenvalue weighted by Gasteiger charge is 2.28. The van der Waals surface area contributed by atoms with Crippen LogP contribution < -0.4 is 10.4 Å². The summed E-state index contributed by atoms with van der Waals surface area (Å²) in [5.74, 6) is 0.731. The first-order valence-corrected chi connectivity index (χ1v) is 12.1. The Kier molecular flexibility index (Phi) is 6.45. The fourth-order valence-corrected chi connectivity index (χ4v) is 4.80. The molecule has 4 aromatic rings. The third kappa shape index (κ3) is 4.44. The molecule has 0 aliphatic carbocycles. The average Bonchev–Trinajstić information content (AvgIpc) is 3.51. The van der Waals surface area contributed by atoms with Crippen LogP contribution in [-0.4, -0.2) is 50.8 Å². The second-order valence-electron chi connectivity index (χ2n) is 8.85. The van der Waals surface area contributed by atoms with E-state index in [1.54, 1.807) is 32.7 Å². The highest BCUT2D eigenvalue weighted by atomic mass is 16.5. The lowest BCUT2D eigenvalue weighted by atomic mass is 9.88. The zero-order valence-electron chi connectivity index (χ0n) is 21.1. The van der Waals surface area contributed by atoms with Gasteiger partial charge in [0.1, 0.15) is 12.0 Å². The van der Waals surface area contributed by atoms with Crippen molar-refractivity contribution in [1.29, 1.82) is 0 Å². The van der Waals surface area contributed by atoms with Crippen molar-refractivity contribution in [3.05, 3.63) is 82.9 Å². The molecule has 0 saturated carbocycles. The number of hydrogen-bond acceptors (Lipinski definition) is 6. The number of pyridine rings is 1. The number of amides is 1. The highest BCUT2D eigenvalue weighted by Crippen LogP contribution is 2.34. The summed E-state index contributed by atoms with van der Waals surface area (Å²) in [4.78, 5) is 24.3. The Balaban J connectivity index is 1.57. The maximum absolute atomic E-state index is 13.8. The molecular weight excluding hydrogens is 456 g/mol. The molecule has 0 N–H and O–H groups in total. The number of aromatic nitrogens is 4. The maximum atomic E-state index is 13.8. The Morgan fingerprint density at radius 2 is 2.00 bits per heavy atom. The molecule has 3 aromatic heterocycles. The van der Waals surface area contributed by atoms with Crippen molar-refractivity contribution >= 4 is 5.91 Å². The monoisotopic (exact) mass is 486 g/mol. The summed E-state index contributed by atoms with van der Waals surface area (Å²) in [5, 5.41) is 4.66. The SMILES string of the molecule is CCn1cc(-c2cc(Cn3ccoc3=NC)cc3c2CCN(Cc2cc(OC)ccn2)C3=O)c(C)n1. The Bertz CT molecular complexity index is 1480. The third-order valence-electron chi connectivity index (χ3n) is 6.60. The number of carbonyl (C=O) groups excluding carboxylic acids is 1. The van der Waals surface area contributed by atoms with E-state index in [2.05, 4.69) is 34.3 Å². The zero-order chi connectivity index (χ0) is 25.2. The van der Waals surface area contributed by atoms with Gasteiger partial charge in [0.25, 0.3) is 11.6 Å². The Morgan fingerprint density at radius 3 is 2.75 bits per heavy atom. The first kappa shape index (κ1) is 23.6.